The van der Waals surface area contributed by atoms with Crippen molar-refractivity contribution in [2.45, 2.75) is 0 Å². The molecule has 0 bridgehead atoms. The van der Waals surface area contributed by atoms with Crippen LogP contribution in [0, 0.1) is 0 Å². The fourth-order valence-electron chi connectivity index (χ4n) is 0.440. The maximum Gasteiger partial charge on any atom is 0.147 e. The van der Waals surface area contributed by atoms with Gasteiger partial charge in [-0.1, -0.05) is 23.8 Å². The summed E-state index contributed by atoms with van der Waals surface area (Å²) in [6.45, 7) is 0. The fourth-order valence-corrected chi connectivity index (χ4v) is 0.643. The number of hydrogen-bond acceptors (Lipinski definition) is 3. The molecule has 0 amide bonds. The molecule has 0 aliphatic rings. The predicted molar refractivity (Wildman–Crippen MR) is 42.9 cm³/mol. The van der Waals surface area contributed by atoms with Gasteiger partial charge in [0.2, 0.25) is 0 Å². The monoisotopic (exact) mass is 173 g/mol. The van der Waals surface area contributed by atoms with E-state index in [1.807, 2.05) is 0 Å². The van der Waals surface area contributed by atoms with Crippen LogP contribution in [0.15, 0.2) is 12.4 Å². The number of nitrogens with zero attached hydrogens (tertiary/aromatic N) is 2. The molecular weight excluding hydrogens is 170 g/mol. The minimum absolute atomic E-state index is 0.226. The second-order valence-corrected chi connectivity index (χ2v) is 2.42. The van der Waals surface area contributed by atoms with Crippen molar-refractivity contribution >= 4 is 28.8 Å². The molecule has 0 atom stereocenters. The van der Waals surface area contributed by atoms with E-state index in [1.54, 1.807) is 0 Å². The zero-order valence-electron chi connectivity index (χ0n) is 4.91. The second kappa shape index (κ2) is 2.90. The van der Waals surface area contributed by atoms with Crippen LogP contribution in [-0.2, 0) is 0 Å². The summed E-state index contributed by atoms with van der Waals surface area (Å²) in [5.74, 6) is 0. The van der Waals surface area contributed by atoms with Gasteiger partial charge in [-0.3, -0.25) is 0 Å². The Bertz CT molecular complexity index is 246. The Morgan fingerprint density at radius 2 is 2.20 bits per heavy atom. The first kappa shape index (κ1) is 7.37. The topological polar surface area (TPSA) is 51.8 Å². The minimum Gasteiger partial charge on any atom is -0.388 e. The summed E-state index contributed by atoms with van der Waals surface area (Å²) in [6, 6.07) is 0. The normalized spacial score (nSPS) is 9.30. The summed E-state index contributed by atoms with van der Waals surface area (Å²) >= 11 is 10.1. The van der Waals surface area contributed by atoms with Crippen molar-refractivity contribution < 1.29 is 0 Å². The van der Waals surface area contributed by atoms with Gasteiger partial charge in [0.15, 0.2) is 0 Å². The molecule has 0 spiro atoms. The lowest BCUT2D eigenvalue weighted by molar-refractivity contribution is 1.18. The van der Waals surface area contributed by atoms with Crippen LogP contribution in [-0.4, -0.2) is 15.0 Å². The molecule has 0 fully saturated rings. The highest BCUT2D eigenvalue weighted by molar-refractivity contribution is 7.80. The van der Waals surface area contributed by atoms with Gasteiger partial charge in [-0.15, -0.1) is 0 Å². The summed E-state index contributed by atoms with van der Waals surface area (Å²) < 4.78 is 0. The summed E-state index contributed by atoms with van der Waals surface area (Å²) in [7, 11) is 0. The highest BCUT2D eigenvalue weighted by Crippen LogP contribution is 2.00. The van der Waals surface area contributed by atoms with Gasteiger partial charge in [-0.2, -0.15) is 0 Å². The molecule has 5 heteroatoms. The smallest absolute Gasteiger partial charge is 0.147 e. The third kappa shape index (κ3) is 1.62. The number of thiocarbonyl (C=S) groups is 1. The van der Waals surface area contributed by atoms with Gasteiger partial charge in [0, 0.05) is 0 Å². The first-order valence-electron chi connectivity index (χ1n) is 2.47. The molecular formula is C5H4ClN3S. The van der Waals surface area contributed by atoms with Crippen LogP contribution in [0.5, 0.6) is 0 Å². The number of nitrogens with two attached hydrogens (primary N) is 1. The Kier molecular flexibility index (Phi) is 2.13. The quantitative estimate of drug-likeness (QED) is 0.638. The number of hydrogen-bond donors (Lipinski definition) is 1. The zero-order valence-corrected chi connectivity index (χ0v) is 6.49. The summed E-state index contributed by atoms with van der Waals surface area (Å²) in [5, 5.41) is 0.333. The van der Waals surface area contributed by atoms with Gasteiger partial charge in [-0.05, 0) is 0 Å². The van der Waals surface area contributed by atoms with E-state index in [-0.39, 0.29) is 4.99 Å². The van der Waals surface area contributed by atoms with Crippen LogP contribution in [0.3, 0.4) is 0 Å². The third-order valence-corrected chi connectivity index (χ3v) is 1.28. The highest BCUT2D eigenvalue weighted by Gasteiger charge is 1.96. The Hall–Kier alpha value is -0.740. The molecule has 0 aliphatic carbocycles. The fraction of sp³-hybridized carbons (Fsp3) is 0. The molecule has 3 nitrogen and oxygen atoms in total. The molecule has 2 N–H and O–H groups in total. The van der Waals surface area contributed by atoms with Crippen LogP contribution in [0.2, 0.25) is 5.15 Å². The maximum absolute atomic E-state index is 5.46. The largest absolute Gasteiger partial charge is 0.388 e. The van der Waals surface area contributed by atoms with Crippen molar-refractivity contribution in [1.29, 1.82) is 0 Å². The summed E-state index contributed by atoms with van der Waals surface area (Å²) in [5.41, 5.74) is 5.74. The van der Waals surface area contributed by atoms with Gasteiger partial charge in [0.1, 0.15) is 15.8 Å². The van der Waals surface area contributed by atoms with Crippen LogP contribution in [0.4, 0.5) is 0 Å². The Labute approximate surface area is 68.2 Å². The molecule has 0 aromatic carbocycles. The van der Waals surface area contributed by atoms with Crippen LogP contribution >= 0.6 is 23.8 Å². The van der Waals surface area contributed by atoms with E-state index in [0.29, 0.717) is 10.8 Å². The highest BCUT2D eigenvalue weighted by atomic mass is 35.5. The van der Waals surface area contributed by atoms with Crippen molar-refractivity contribution in [3.63, 3.8) is 0 Å². The van der Waals surface area contributed by atoms with Crippen LogP contribution in [0.1, 0.15) is 5.69 Å². The van der Waals surface area contributed by atoms with E-state index in [1.165, 1.54) is 12.4 Å². The molecule has 1 aromatic rings. The van der Waals surface area contributed by atoms with Gasteiger partial charge < -0.3 is 5.73 Å². The van der Waals surface area contributed by atoms with E-state index in [0.717, 1.165) is 0 Å². The molecule has 1 aromatic heterocycles. The summed E-state index contributed by atoms with van der Waals surface area (Å²) in [6.07, 6.45) is 2.83. The first-order valence-corrected chi connectivity index (χ1v) is 3.26. The molecule has 0 saturated heterocycles. The van der Waals surface area contributed by atoms with Crippen molar-refractivity contribution in [3.05, 3.63) is 23.2 Å². The maximum atomic E-state index is 5.46. The molecule has 0 aliphatic heterocycles. The van der Waals surface area contributed by atoms with E-state index in [2.05, 4.69) is 22.2 Å². The van der Waals surface area contributed by atoms with Crippen molar-refractivity contribution in [3.8, 4) is 0 Å². The lowest BCUT2D eigenvalue weighted by Gasteiger charge is -1.93. The average Bonchev–Trinajstić information content (AvgIpc) is 1.88. The van der Waals surface area contributed by atoms with E-state index in [9.17, 15) is 0 Å². The molecule has 0 unspecified atom stereocenters. The minimum atomic E-state index is 0.226. The van der Waals surface area contributed by atoms with Crippen LogP contribution < -0.4 is 5.73 Å². The first-order chi connectivity index (χ1) is 4.70. The lowest BCUT2D eigenvalue weighted by atomic mass is 10.5. The molecule has 1 heterocycles. The van der Waals surface area contributed by atoms with E-state index < -0.39 is 0 Å². The standard InChI is InChI=1S/C5H4ClN3S/c6-4-2-8-3(1-9-4)5(7)10/h1-2H,(H2,7,10). The van der Waals surface area contributed by atoms with Gasteiger partial charge >= 0.3 is 0 Å². The van der Waals surface area contributed by atoms with E-state index in [4.69, 9.17) is 17.3 Å². The SMILES string of the molecule is NC(=S)c1cnc(Cl)cn1. The third-order valence-electron chi connectivity index (χ3n) is 0.873. The molecule has 52 valence electrons. The Morgan fingerprint density at radius 1 is 1.50 bits per heavy atom. The predicted octanol–water partition coefficient (Wildman–Crippen LogP) is 0.764. The zero-order chi connectivity index (χ0) is 7.56. The molecule has 1 rings (SSSR count). The van der Waals surface area contributed by atoms with Crippen molar-refractivity contribution in [1.82, 2.24) is 9.97 Å². The molecule has 0 radical (unpaired) electrons. The van der Waals surface area contributed by atoms with Crippen LogP contribution in [0.25, 0.3) is 0 Å². The number of rotatable bonds is 1. The van der Waals surface area contributed by atoms with Gasteiger partial charge in [0.25, 0.3) is 0 Å². The summed E-state index contributed by atoms with van der Waals surface area (Å²) in [4.78, 5) is 7.78. The van der Waals surface area contributed by atoms with E-state index >= 15 is 0 Å². The number of halogens is 1. The molecule has 10 heavy (non-hydrogen) atoms. The Balaban J connectivity index is 3.00. The Morgan fingerprint density at radius 3 is 2.60 bits per heavy atom. The molecule has 0 saturated carbocycles. The van der Waals surface area contributed by atoms with Crippen molar-refractivity contribution in [2.75, 3.05) is 0 Å². The average molecular weight is 174 g/mol. The lowest BCUT2D eigenvalue weighted by Crippen LogP contribution is -2.11. The van der Waals surface area contributed by atoms with Gasteiger partial charge in [0.05, 0.1) is 12.4 Å². The van der Waals surface area contributed by atoms with Gasteiger partial charge in [-0.25, -0.2) is 9.97 Å². The number of aromatic nitrogens is 2. The van der Waals surface area contributed by atoms with Crippen molar-refractivity contribution in [2.24, 2.45) is 5.73 Å². The second-order valence-electron chi connectivity index (χ2n) is 1.59.